The fourth-order valence-corrected chi connectivity index (χ4v) is 4.17. The Hall–Kier alpha value is -3.17. The van der Waals surface area contributed by atoms with E-state index in [1.165, 1.54) is 13.8 Å². The number of carbonyl (C=O) groups is 2. The molecule has 0 saturated carbocycles. The molecule has 2 N–H and O–H groups in total. The summed E-state index contributed by atoms with van der Waals surface area (Å²) < 4.78 is 14.3. The van der Waals surface area contributed by atoms with Crippen LogP contribution in [0.15, 0.2) is 85.5 Å². The summed E-state index contributed by atoms with van der Waals surface area (Å²) in [6.45, 7) is 4.25. The van der Waals surface area contributed by atoms with Crippen molar-refractivity contribution in [3.8, 4) is 33.6 Å². The third-order valence-electron chi connectivity index (χ3n) is 6.27. The third kappa shape index (κ3) is 10.6. The molecule has 1 aromatic carbocycles. The summed E-state index contributed by atoms with van der Waals surface area (Å²) in [7, 11) is 3.98. The second-order valence-electron chi connectivity index (χ2n) is 9.34. The molecule has 0 unspecified atom stereocenters. The number of aryl methyl sites for hydroxylation is 2. The number of anilines is 1. The van der Waals surface area contributed by atoms with Crippen molar-refractivity contribution in [2.75, 3.05) is 31.2 Å². The molecule has 3 heterocycles. The number of nitrogens with zero attached hydrogens (tertiary/aromatic N) is 4. The number of benzene rings is 1. The molecule has 4 rings (SSSR count). The van der Waals surface area contributed by atoms with Gasteiger partial charge in [-0.3, -0.25) is 9.59 Å². The number of pyridine rings is 3. The van der Waals surface area contributed by atoms with Crippen LogP contribution in [0.2, 0.25) is 0 Å². The van der Waals surface area contributed by atoms with E-state index in [0.29, 0.717) is 13.1 Å². The summed E-state index contributed by atoms with van der Waals surface area (Å²) in [5.41, 5.74) is 6.90. The first kappa shape index (κ1) is 36.9. The molecular formula is C31H36I2N4O5. The van der Waals surface area contributed by atoms with Crippen LogP contribution in [0.1, 0.15) is 13.8 Å². The maximum Gasteiger partial charge on any atom is 0.302 e. The Morgan fingerprint density at radius 1 is 0.667 bits per heavy atom. The number of hydrogen-bond donors (Lipinski definition) is 0. The van der Waals surface area contributed by atoms with Crippen molar-refractivity contribution in [2.45, 2.75) is 13.8 Å². The molecule has 0 aliphatic carbocycles. The van der Waals surface area contributed by atoms with Crippen molar-refractivity contribution in [1.29, 1.82) is 0 Å². The summed E-state index contributed by atoms with van der Waals surface area (Å²) in [4.78, 5) is 29.5. The first-order valence-electron chi connectivity index (χ1n) is 12.8. The molecule has 0 atom stereocenters. The molecule has 0 bridgehead atoms. The Bertz CT molecular complexity index is 1350. The van der Waals surface area contributed by atoms with E-state index in [1.807, 2.05) is 65.0 Å². The molecule has 0 radical (unpaired) electrons. The average molecular weight is 798 g/mol. The summed E-state index contributed by atoms with van der Waals surface area (Å²) >= 11 is 0. The molecule has 0 amide bonds. The number of aromatic nitrogens is 3. The van der Waals surface area contributed by atoms with Gasteiger partial charge in [-0.05, 0) is 35.4 Å². The van der Waals surface area contributed by atoms with E-state index in [1.54, 1.807) is 0 Å². The van der Waals surface area contributed by atoms with Gasteiger partial charge in [0, 0.05) is 54.9 Å². The molecule has 4 aromatic rings. The lowest BCUT2D eigenvalue weighted by Crippen LogP contribution is -3.00. The normalized spacial score (nSPS) is 9.90. The van der Waals surface area contributed by atoms with Crippen molar-refractivity contribution < 1.29 is 81.6 Å². The molecule has 224 valence electrons. The monoisotopic (exact) mass is 798 g/mol. The molecule has 0 aliphatic heterocycles. The minimum atomic E-state index is -0.325. The molecular weight excluding hydrogens is 762 g/mol. The Labute approximate surface area is 280 Å². The zero-order valence-corrected chi connectivity index (χ0v) is 28.4. The predicted octanol–water partition coefficient (Wildman–Crippen LogP) is -3.15. The Morgan fingerprint density at radius 2 is 1.07 bits per heavy atom. The Kier molecular flexibility index (Phi) is 15.5. The smallest absolute Gasteiger partial charge is 0.302 e. The molecule has 0 aliphatic rings. The van der Waals surface area contributed by atoms with E-state index in [9.17, 15) is 9.59 Å². The van der Waals surface area contributed by atoms with Gasteiger partial charge in [0.15, 0.2) is 24.8 Å². The molecule has 11 heteroatoms. The summed E-state index contributed by atoms with van der Waals surface area (Å²) in [6.07, 6.45) is 8.06. The quantitative estimate of drug-likeness (QED) is 0.0955. The van der Waals surface area contributed by atoms with Crippen molar-refractivity contribution in [3.05, 3.63) is 85.5 Å². The number of rotatable bonds is 10. The van der Waals surface area contributed by atoms with E-state index < -0.39 is 0 Å². The van der Waals surface area contributed by atoms with Gasteiger partial charge < -0.3 is 67.8 Å². The molecule has 0 fully saturated rings. The first-order valence-corrected chi connectivity index (χ1v) is 12.8. The van der Waals surface area contributed by atoms with Crippen LogP contribution in [-0.2, 0) is 33.2 Å². The van der Waals surface area contributed by atoms with Crippen LogP contribution in [0.5, 0.6) is 0 Å². The molecule has 0 saturated heterocycles. The summed E-state index contributed by atoms with van der Waals surface area (Å²) in [6, 6.07) is 20.7. The van der Waals surface area contributed by atoms with Crippen molar-refractivity contribution in [1.82, 2.24) is 4.98 Å². The van der Waals surface area contributed by atoms with Crippen LogP contribution < -0.4 is 62.0 Å². The molecule has 0 spiro atoms. The maximum absolute atomic E-state index is 11.2. The molecule has 42 heavy (non-hydrogen) atoms. The highest BCUT2D eigenvalue weighted by Gasteiger charge is 2.13. The van der Waals surface area contributed by atoms with E-state index in [0.717, 1.165) is 39.3 Å². The van der Waals surface area contributed by atoms with Gasteiger partial charge in [-0.15, -0.1) is 0 Å². The van der Waals surface area contributed by atoms with Gasteiger partial charge >= 0.3 is 11.9 Å². The van der Waals surface area contributed by atoms with Gasteiger partial charge in [0.05, 0.1) is 24.5 Å². The maximum atomic E-state index is 11.2. The lowest BCUT2D eigenvalue weighted by atomic mass is 10.0. The predicted molar refractivity (Wildman–Crippen MR) is 152 cm³/mol. The number of esters is 2. The second kappa shape index (κ2) is 17.7. The van der Waals surface area contributed by atoms with E-state index in [4.69, 9.17) is 14.5 Å². The van der Waals surface area contributed by atoms with Gasteiger partial charge in [-0.25, -0.2) is 14.1 Å². The second-order valence-corrected chi connectivity index (χ2v) is 9.34. The van der Waals surface area contributed by atoms with Gasteiger partial charge in [0.2, 0.25) is 0 Å². The number of halogens is 2. The molecule has 9 nitrogen and oxygen atoms in total. The standard InChI is InChI=1S/C31H34N4O4.2HI.H2O/c1-23(36)38-19-17-35(18-20-39-24(2)37)29-7-5-25(6-8-29)28-21-30(26-9-13-33(3)14-10-26)32-31(22-28)27-11-15-34(4)16-12-27;;;/h5-16,21-22H,17-20H2,1-4H3;2*1H;1H2/q+2;;;/p-2. The average Bonchev–Trinajstić information content (AvgIpc) is 2.92. The Balaban J connectivity index is 0.00000294. The van der Waals surface area contributed by atoms with Crippen LogP contribution in [0.4, 0.5) is 5.69 Å². The topological polar surface area (TPSA) is 108 Å². The Morgan fingerprint density at radius 3 is 1.45 bits per heavy atom. The number of hydrogen-bond acceptors (Lipinski definition) is 6. The zero-order chi connectivity index (χ0) is 27.8. The number of carbonyl (C=O) groups excluding carboxylic acids is 2. The largest absolute Gasteiger partial charge is 1.00 e. The lowest BCUT2D eigenvalue weighted by Gasteiger charge is -2.24. The van der Waals surface area contributed by atoms with Crippen LogP contribution >= 0.6 is 0 Å². The fourth-order valence-electron chi connectivity index (χ4n) is 4.17. The van der Waals surface area contributed by atoms with Gasteiger partial charge in [-0.2, -0.15) is 0 Å². The minimum Gasteiger partial charge on any atom is -1.00 e. The summed E-state index contributed by atoms with van der Waals surface area (Å²) in [5.74, 6) is -0.650. The van der Waals surface area contributed by atoms with Gasteiger partial charge in [0.25, 0.3) is 0 Å². The summed E-state index contributed by atoms with van der Waals surface area (Å²) in [5, 5.41) is 0. The van der Waals surface area contributed by atoms with Crippen LogP contribution in [0.3, 0.4) is 0 Å². The minimum absolute atomic E-state index is 0. The SMILES string of the molecule is CC(=O)OCCN(CCOC(C)=O)c1ccc(-c2cc(-c3cc[n+](C)cc3)nc(-c3cc[n+](C)cc3)c2)cc1.O.[I-].[I-]. The van der Waals surface area contributed by atoms with Gasteiger partial charge in [-0.1, -0.05) is 12.1 Å². The van der Waals surface area contributed by atoms with Crippen LogP contribution in [-0.4, -0.2) is 48.7 Å². The lowest BCUT2D eigenvalue weighted by molar-refractivity contribution is -0.671. The van der Waals surface area contributed by atoms with E-state index in [2.05, 4.69) is 48.5 Å². The van der Waals surface area contributed by atoms with Crippen LogP contribution in [0.25, 0.3) is 33.6 Å². The number of ether oxygens (including phenoxy) is 2. The fraction of sp³-hybridized carbons (Fsp3) is 0.258. The van der Waals surface area contributed by atoms with Crippen molar-refractivity contribution >= 4 is 17.6 Å². The highest BCUT2D eigenvalue weighted by atomic mass is 127. The van der Waals surface area contributed by atoms with E-state index >= 15 is 0 Å². The highest BCUT2D eigenvalue weighted by Crippen LogP contribution is 2.31. The van der Waals surface area contributed by atoms with E-state index in [-0.39, 0.29) is 78.6 Å². The third-order valence-corrected chi connectivity index (χ3v) is 6.27. The van der Waals surface area contributed by atoms with Crippen molar-refractivity contribution in [2.24, 2.45) is 14.1 Å². The zero-order valence-electron chi connectivity index (χ0n) is 24.1. The molecule has 3 aromatic heterocycles. The van der Waals surface area contributed by atoms with Crippen molar-refractivity contribution in [3.63, 3.8) is 0 Å². The first-order chi connectivity index (χ1) is 18.8. The van der Waals surface area contributed by atoms with Gasteiger partial charge in [0.1, 0.15) is 27.3 Å². The van der Waals surface area contributed by atoms with Crippen LogP contribution in [0, 0.1) is 0 Å². The highest BCUT2D eigenvalue weighted by molar-refractivity contribution is 5.77.